The fraction of sp³-hybridized carbons (Fsp3) is 0.185. The van der Waals surface area contributed by atoms with Crippen LogP contribution in [0.3, 0.4) is 0 Å². The Labute approximate surface area is 192 Å². The molecule has 0 saturated carbocycles. The molecular formula is C27H23ClN2O2. The molecule has 1 saturated heterocycles. The molecule has 1 amide bonds. The molecule has 1 spiro atoms. The number of nitrogens with one attached hydrogen (secondary N) is 1. The van der Waals surface area contributed by atoms with Crippen molar-refractivity contribution in [2.45, 2.75) is 11.5 Å². The highest BCUT2D eigenvalue weighted by Gasteiger charge is 2.63. The van der Waals surface area contributed by atoms with E-state index in [1.165, 1.54) is 0 Å². The highest BCUT2D eigenvalue weighted by Crippen LogP contribution is 2.55. The average Bonchev–Trinajstić information content (AvgIpc) is 3.29. The molecule has 2 heterocycles. The molecule has 2 aliphatic heterocycles. The number of likely N-dealkylation sites (tertiary alicyclic amines) is 1. The van der Waals surface area contributed by atoms with Crippen molar-refractivity contribution >= 4 is 35.1 Å². The molecule has 1 N–H and O–H groups in total. The minimum Gasteiger partial charge on any atom is -0.324 e. The number of hydrogen-bond acceptors (Lipinski definition) is 3. The number of carbonyl (C=O) groups is 2. The van der Waals surface area contributed by atoms with E-state index in [1.807, 2.05) is 78.7 Å². The zero-order valence-electron chi connectivity index (χ0n) is 17.7. The van der Waals surface area contributed by atoms with E-state index in [1.54, 1.807) is 24.3 Å². The summed E-state index contributed by atoms with van der Waals surface area (Å²) in [6.07, 6.45) is 3.41. The van der Waals surface area contributed by atoms with E-state index < -0.39 is 11.5 Å². The third-order valence-corrected chi connectivity index (χ3v) is 6.95. The number of anilines is 1. The molecule has 3 aromatic carbocycles. The Bertz CT molecular complexity index is 1210. The first-order chi connectivity index (χ1) is 15.5. The molecule has 3 aromatic rings. The number of ketones is 1. The van der Waals surface area contributed by atoms with Crippen LogP contribution in [-0.4, -0.2) is 30.2 Å². The number of nitrogens with zero attached hydrogens (tertiary/aromatic N) is 1. The molecule has 0 aliphatic carbocycles. The molecule has 3 atom stereocenters. The number of para-hydroxylation sites is 1. The average molecular weight is 443 g/mol. The quantitative estimate of drug-likeness (QED) is 0.571. The smallest absolute Gasteiger partial charge is 0.250 e. The van der Waals surface area contributed by atoms with Crippen molar-refractivity contribution in [3.63, 3.8) is 0 Å². The molecular weight excluding hydrogens is 420 g/mol. The van der Waals surface area contributed by atoms with Crippen LogP contribution in [0.5, 0.6) is 0 Å². The Hall–Kier alpha value is -3.21. The Morgan fingerprint density at radius 3 is 2.47 bits per heavy atom. The third kappa shape index (κ3) is 3.19. The summed E-state index contributed by atoms with van der Waals surface area (Å²) < 4.78 is 0. The van der Waals surface area contributed by atoms with Crippen LogP contribution in [0.15, 0.2) is 84.9 Å². The van der Waals surface area contributed by atoms with Gasteiger partial charge in [-0.3, -0.25) is 14.5 Å². The Morgan fingerprint density at radius 1 is 1.03 bits per heavy atom. The summed E-state index contributed by atoms with van der Waals surface area (Å²) in [5.74, 6) is -0.870. The second-order valence-electron chi connectivity index (χ2n) is 8.43. The van der Waals surface area contributed by atoms with Gasteiger partial charge < -0.3 is 5.32 Å². The fourth-order valence-electron chi connectivity index (χ4n) is 5.28. The van der Waals surface area contributed by atoms with Gasteiger partial charge in [-0.05, 0) is 42.4 Å². The number of fused-ring (bicyclic) bond motifs is 2. The molecule has 32 heavy (non-hydrogen) atoms. The van der Waals surface area contributed by atoms with E-state index >= 15 is 0 Å². The van der Waals surface area contributed by atoms with Crippen molar-refractivity contribution in [1.82, 2.24) is 4.90 Å². The summed E-state index contributed by atoms with van der Waals surface area (Å²) in [4.78, 5) is 29.4. The monoisotopic (exact) mass is 442 g/mol. The molecule has 0 radical (unpaired) electrons. The summed E-state index contributed by atoms with van der Waals surface area (Å²) in [6, 6.07) is 25.0. The molecule has 3 unspecified atom stereocenters. The lowest BCUT2D eigenvalue weighted by Gasteiger charge is -2.35. The van der Waals surface area contributed by atoms with Gasteiger partial charge >= 0.3 is 0 Å². The van der Waals surface area contributed by atoms with Crippen molar-refractivity contribution in [1.29, 1.82) is 0 Å². The molecule has 4 nitrogen and oxygen atoms in total. The van der Waals surface area contributed by atoms with Gasteiger partial charge in [0.1, 0.15) is 5.54 Å². The van der Waals surface area contributed by atoms with E-state index in [-0.39, 0.29) is 17.6 Å². The summed E-state index contributed by atoms with van der Waals surface area (Å²) in [7, 11) is 1.94. The number of allylic oxidation sites excluding steroid dienone is 1. The minimum absolute atomic E-state index is 0.0648. The lowest BCUT2D eigenvalue weighted by atomic mass is 9.71. The van der Waals surface area contributed by atoms with Crippen LogP contribution < -0.4 is 5.32 Å². The Morgan fingerprint density at radius 2 is 1.72 bits per heavy atom. The molecule has 2 aliphatic rings. The summed E-state index contributed by atoms with van der Waals surface area (Å²) in [5, 5.41) is 3.67. The first-order valence-corrected chi connectivity index (χ1v) is 11.0. The molecule has 0 aromatic heterocycles. The zero-order chi connectivity index (χ0) is 22.3. The van der Waals surface area contributed by atoms with Crippen LogP contribution in [0.4, 0.5) is 5.69 Å². The number of hydrogen-bond donors (Lipinski definition) is 1. The molecule has 160 valence electrons. The lowest BCUT2D eigenvalue weighted by Crippen LogP contribution is -2.51. The lowest BCUT2D eigenvalue weighted by molar-refractivity contribution is -0.133. The van der Waals surface area contributed by atoms with Crippen LogP contribution in [0.25, 0.3) is 6.08 Å². The maximum atomic E-state index is 13.8. The van der Waals surface area contributed by atoms with E-state index in [0.717, 1.165) is 22.4 Å². The van der Waals surface area contributed by atoms with E-state index in [2.05, 4.69) is 5.32 Å². The highest BCUT2D eigenvalue weighted by atomic mass is 35.5. The minimum atomic E-state index is -1.04. The predicted octanol–water partition coefficient (Wildman–Crippen LogP) is 5.12. The van der Waals surface area contributed by atoms with Crippen LogP contribution in [0.2, 0.25) is 5.02 Å². The number of benzene rings is 3. The summed E-state index contributed by atoms with van der Waals surface area (Å²) >= 11 is 5.99. The number of rotatable bonds is 4. The number of halogens is 1. The second kappa shape index (κ2) is 8.05. The van der Waals surface area contributed by atoms with Crippen LogP contribution >= 0.6 is 11.6 Å². The van der Waals surface area contributed by atoms with Gasteiger partial charge in [0.2, 0.25) is 5.91 Å². The maximum Gasteiger partial charge on any atom is 0.250 e. The zero-order valence-corrected chi connectivity index (χ0v) is 18.4. The summed E-state index contributed by atoms with van der Waals surface area (Å²) in [6.45, 7) is 0.608. The van der Waals surface area contributed by atoms with Crippen LogP contribution in [0, 0.1) is 5.92 Å². The van der Waals surface area contributed by atoms with Crippen molar-refractivity contribution < 1.29 is 9.59 Å². The van der Waals surface area contributed by atoms with Crippen molar-refractivity contribution in [3.05, 3.63) is 107 Å². The first kappa shape index (κ1) is 20.7. The van der Waals surface area contributed by atoms with Crippen LogP contribution in [0.1, 0.15) is 22.6 Å². The first-order valence-electron chi connectivity index (χ1n) is 10.7. The number of carbonyl (C=O) groups excluding carboxylic acids is 2. The van der Waals surface area contributed by atoms with E-state index in [0.29, 0.717) is 11.6 Å². The molecule has 1 fully saturated rings. The largest absolute Gasteiger partial charge is 0.324 e. The SMILES string of the molecule is CN1CC(c2ccccc2)C(C(=O)C=Cc2ccc(Cl)cc2)C12C(=O)Nc1ccccc12. The van der Waals surface area contributed by atoms with Gasteiger partial charge in [-0.2, -0.15) is 0 Å². The molecule has 5 heteroatoms. The van der Waals surface area contributed by atoms with Gasteiger partial charge in [0.25, 0.3) is 0 Å². The standard InChI is InChI=1S/C27H23ClN2O2/c1-30-17-21(19-7-3-2-4-8-19)25(24(31)16-13-18-11-14-20(28)15-12-18)27(30)22-9-5-6-10-23(22)29-26(27)32/h2-16,21,25H,17H2,1H3,(H,29,32). The van der Waals surface area contributed by atoms with Crippen LogP contribution in [-0.2, 0) is 15.1 Å². The normalized spacial score (nSPS) is 24.8. The van der Waals surface area contributed by atoms with Crippen molar-refractivity contribution in [2.75, 3.05) is 18.9 Å². The Kier molecular flexibility index (Phi) is 5.20. The fourth-order valence-corrected chi connectivity index (χ4v) is 5.41. The van der Waals surface area contributed by atoms with Crippen molar-refractivity contribution in [2.24, 2.45) is 5.92 Å². The summed E-state index contributed by atoms with van der Waals surface area (Å²) in [5.41, 5.74) is 2.54. The maximum absolute atomic E-state index is 13.8. The van der Waals surface area contributed by atoms with Gasteiger partial charge in [0.15, 0.2) is 5.78 Å². The van der Waals surface area contributed by atoms with Gasteiger partial charge in [0.05, 0.1) is 5.92 Å². The van der Waals surface area contributed by atoms with E-state index in [4.69, 9.17) is 11.6 Å². The third-order valence-electron chi connectivity index (χ3n) is 6.70. The van der Waals surface area contributed by atoms with Gasteiger partial charge in [0, 0.05) is 28.7 Å². The number of amides is 1. The predicted molar refractivity (Wildman–Crippen MR) is 128 cm³/mol. The van der Waals surface area contributed by atoms with E-state index in [9.17, 15) is 9.59 Å². The Balaban J connectivity index is 1.62. The number of likely N-dealkylation sites (N-methyl/N-ethyl adjacent to an activating group) is 1. The van der Waals surface area contributed by atoms with Gasteiger partial charge in [-0.25, -0.2) is 0 Å². The second-order valence-corrected chi connectivity index (χ2v) is 8.87. The molecule has 0 bridgehead atoms. The topological polar surface area (TPSA) is 49.4 Å². The highest BCUT2D eigenvalue weighted by molar-refractivity contribution is 6.30. The van der Waals surface area contributed by atoms with Crippen molar-refractivity contribution in [3.8, 4) is 0 Å². The van der Waals surface area contributed by atoms with Gasteiger partial charge in [-0.1, -0.05) is 78.3 Å². The molecule has 5 rings (SSSR count). The van der Waals surface area contributed by atoms with Gasteiger partial charge in [-0.15, -0.1) is 0 Å².